The lowest BCUT2D eigenvalue weighted by molar-refractivity contribution is -0.120. The highest BCUT2D eigenvalue weighted by Gasteiger charge is 2.26. The van der Waals surface area contributed by atoms with Gasteiger partial charge in [-0.2, -0.15) is 0 Å². The van der Waals surface area contributed by atoms with Gasteiger partial charge in [-0.3, -0.25) is 20.4 Å². The molecule has 2 aromatic carbocycles. The van der Waals surface area contributed by atoms with Gasteiger partial charge in [0.1, 0.15) is 5.84 Å². The summed E-state index contributed by atoms with van der Waals surface area (Å²) >= 11 is 2.45. The predicted octanol–water partition coefficient (Wildman–Crippen LogP) is 6.45. The molecule has 9 N–H and O–H groups in total. The fourth-order valence-corrected chi connectivity index (χ4v) is 9.13. The Hall–Kier alpha value is -3.88. The molecule has 0 saturated carbocycles. The zero-order valence-electron chi connectivity index (χ0n) is 27.1. The van der Waals surface area contributed by atoms with Crippen LogP contribution in [0.2, 0.25) is 0 Å². The normalized spacial score (nSPS) is 11.2. The van der Waals surface area contributed by atoms with Gasteiger partial charge >= 0.3 is 0 Å². The molecule has 14 heteroatoms. The Morgan fingerprint density at radius 2 is 1.49 bits per heavy atom. The maximum Gasteiger partial charge on any atom is 0.224 e. The lowest BCUT2D eigenvalue weighted by atomic mass is 9.97. The highest BCUT2D eigenvalue weighted by molar-refractivity contribution is 8.01. The number of carbonyl (C=O) groups excluding carboxylic acids is 2. The molecule has 3 aromatic rings. The molecule has 0 fully saturated rings. The van der Waals surface area contributed by atoms with Gasteiger partial charge in [0.15, 0.2) is 5.96 Å². The van der Waals surface area contributed by atoms with E-state index in [1.165, 1.54) is 23.9 Å². The molecule has 0 unspecified atom stereocenters. The Balaban J connectivity index is 1.75. The lowest BCUT2D eigenvalue weighted by Gasteiger charge is -2.18. The van der Waals surface area contributed by atoms with Crippen molar-refractivity contribution in [3.05, 3.63) is 52.9 Å². The first-order valence-electron chi connectivity index (χ1n) is 15.5. The number of guanidine groups is 1. The quantitative estimate of drug-likeness (QED) is 0.0339. The van der Waals surface area contributed by atoms with E-state index in [0.29, 0.717) is 44.4 Å². The highest BCUT2D eigenvalue weighted by atomic mass is 32.2. The third-order valence-electron chi connectivity index (χ3n) is 7.56. The van der Waals surface area contributed by atoms with E-state index in [9.17, 15) is 18.0 Å². The third kappa shape index (κ3) is 10.8. The number of benzene rings is 2. The minimum atomic E-state index is -3.95. The Labute approximate surface area is 285 Å². The van der Waals surface area contributed by atoms with E-state index in [1.807, 2.05) is 6.92 Å². The minimum absolute atomic E-state index is 0.0762. The average molecular weight is 700 g/mol. The van der Waals surface area contributed by atoms with Gasteiger partial charge in [-0.15, -0.1) is 23.1 Å². The van der Waals surface area contributed by atoms with Crippen molar-refractivity contribution in [3.8, 4) is 11.1 Å². The summed E-state index contributed by atoms with van der Waals surface area (Å²) in [7, 11) is -2.30. The van der Waals surface area contributed by atoms with E-state index in [-0.39, 0.29) is 33.4 Å². The van der Waals surface area contributed by atoms with Crippen molar-refractivity contribution < 1.29 is 18.0 Å². The Morgan fingerprint density at radius 1 is 0.872 bits per heavy atom. The number of thiophene rings is 1. The van der Waals surface area contributed by atoms with Crippen LogP contribution in [-0.2, 0) is 19.4 Å². The molecule has 2 amide bonds. The number of anilines is 2. The fraction of sp³-hybridized carbons (Fsp3) is 0.394. The van der Waals surface area contributed by atoms with E-state index in [4.69, 9.17) is 22.3 Å². The summed E-state index contributed by atoms with van der Waals surface area (Å²) in [5.74, 6) is -0.526. The Bertz CT molecular complexity index is 1700. The molecule has 0 atom stereocenters. The molecule has 0 radical (unpaired) electrons. The molecule has 0 saturated heterocycles. The average Bonchev–Trinajstić information content (AvgIpc) is 3.47. The van der Waals surface area contributed by atoms with Crippen molar-refractivity contribution in [2.24, 2.45) is 11.5 Å². The van der Waals surface area contributed by atoms with Crippen molar-refractivity contribution >= 4 is 67.9 Å². The van der Waals surface area contributed by atoms with Crippen LogP contribution < -0.4 is 27.4 Å². The second kappa shape index (κ2) is 17.9. The summed E-state index contributed by atoms with van der Waals surface area (Å²) in [6.07, 6.45) is 10.6. The third-order valence-corrected chi connectivity index (χ3v) is 11.9. The molecule has 1 heterocycles. The molecule has 11 nitrogen and oxygen atoms in total. The maximum atomic E-state index is 13.8. The van der Waals surface area contributed by atoms with E-state index in [0.717, 1.165) is 68.3 Å². The van der Waals surface area contributed by atoms with Crippen LogP contribution in [0.5, 0.6) is 0 Å². The summed E-state index contributed by atoms with van der Waals surface area (Å²) in [5, 5.41) is 23.9. The van der Waals surface area contributed by atoms with Crippen molar-refractivity contribution in [2.45, 2.75) is 85.1 Å². The number of rotatable bonds is 18. The Kier molecular flexibility index (Phi) is 14.3. The predicted molar refractivity (Wildman–Crippen MR) is 194 cm³/mol. The summed E-state index contributed by atoms with van der Waals surface area (Å²) in [5.41, 5.74) is 14.2. The van der Waals surface area contributed by atoms with Crippen LogP contribution in [0.1, 0.15) is 74.6 Å². The van der Waals surface area contributed by atoms with Gasteiger partial charge in [0.05, 0.1) is 24.6 Å². The first-order chi connectivity index (χ1) is 22.4. The van der Waals surface area contributed by atoms with Gasteiger partial charge in [-0.1, -0.05) is 50.7 Å². The van der Waals surface area contributed by atoms with E-state index >= 15 is 0 Å². The smallest absolute Gasteiger partial charge is 0.224 e. The standard InChI is InChI=1S/C33H45N7O4S3/c1-21-17-23(39-33(36)37)19-25(40-29(42)16-11-9-7-5-4-6-8-10-15-28(41)38-2)30(21)22-13-12-14-24(18-22)47(43,44)27-20-26(31(34)35)46-32(27)45-3/h12-14,17-20H,4-11,15-16H2,1-3H3,(H3,34,35)(H,38,41)(H,40,42)(H4,36,37,39). The number of unbranched alkanes of at least 4 members (excludes halogenated alkanes) is 7. The molecule has 254 valence electrons. The number of nitrogens with one attached hydrogen (secondary N) is 5. The molecule has 0 aliphatic carbocycles. The van der Waals surface area contributed by atoms with Gasteiger partial charge in [-0.05, 0) is 67.5 Å². The van der Waals surface area contributed by atoms with Crippen molar-refractivity contribution in [2.75, 3.05) is 23.9 Å². The number of amidine groups is 1. The minimum Gasteiger partial charge on any atom is -0.383 e. The number of amides is 2. The largest absolute Gasteiger partial charge is 0.383 e. The molecule has 0 spiro atoms. The van der Waals surface area contributed by atoms with Gasteiger partial charge in [-0.25, -0.2) is 8.42 Å². The Morgan fingerprint density at radius 3 is 2.06 bits per heavy atom. The molecule has 0 aliphatic heterocycles. The van der Waals surface area contributed by atoms with Crippen LogP contribution in [0.25, 0.3) is 11.1 Å². The first-order valence-corrected chi connectivity index (χ1v) is 19.0. The van der Waals surface area contributed by atoms with Gasteiger partial charge in [0.25, 0.3) is 0 Å². The van der Waals surface area contributed by atoms with Crippen molar-refractivity contribution in [1.29, 1.82) is 10.8 Å². The van der Waals surface area contributed by atoms with Gasteiger partial charge in [0.2, 0.25) is 21.7 Å². The molecule has 0 aliphatic rings. The van der Waals surface area contributed by atoms with Gasteiger partial charge < -0.3 is 27.4 Å². The molecule has 3 rings (SSSR count). The summed E-state index contributed by atoms with van der Waals surface area (Å²) in [6.45, 7) is 1.85. The number of nitrogen functional groups attached to an aromatic ring is 1. The lowest BCUT2D eigenvalue weighted by Crippen LogP contribution is -2.21. The second-order valence-corrected chi connectivity index (χ2v) is 15.3. The first kappa shape index (κ1) is 37.6. The second-order valence-electron chi connectivity index (χ2n) is 11.2. The zero-order chi connectivity index (χ0) is 34.6. The van der Waals surface area contributed by atoms with Crippen LogP contribution in [0, 0.1) is 17.7 Å². The number of nitrogens with two attached hydrogens (primary N) is 2. The van der Waals surface area contributed by atoms with Crippen LogP contribution in [0.15, 0.2) is 56.5 Å². The molecule has 1 aromatic heterocycles. The van der Waals surface area contributed by atoms with E-state index in [2.05, 4.69) is 16.0 Å². The number of thioether (sulfide) groups is 1. The molecule has 47 heavy (non-hydrogen) atoms. The number of aryl methyl sites for hydroxylation is 1. The summed E-state index contributed by atoms with van der Waals surface area (Å²) in [6, 6.07) is 11.5. The molecular formula is C33H45N7O4S3. The maximum absolute atomic E-state index is 13.8. The number of hydrogen-bond acceptors (Lipinski definition) is 8. The van der Waals surface area contributed by atoms with Gasteiger partial charge in [0, 0.05) is 31.1 Å². The van der Waals surface area contributed by atoms with Crippen LogP contribution >= 0.6 is 23.1 Å². The zero-order valence-corrected chi connectivity index (χ0v) is 29.6. The monoisotopic (exact) mass is 699 g/mol. The fourth-order valence-electron chi connectivity index (χ4n) is 5.23. The van der Waals surface area contributed by atoms with Crippen LogP contribution in [-0.4, -0.2) is 45.3 Å². The number of sulfone groups is 1. The highest BCUT2D eigenvalue weighted by Crippen LogP contribution is 2.39. The number of hydrogen-bond donors (Lipinski definition) is 7. The summed E-state index contributed by atoms with van der Waals surface area (Å²) < 4.78 is 28.1. The summed E-state index contributed by atoms with van der Waals surface area (Å²) in [4.78, 5) is 25.0. The van der Waals surface area contributed by atoms with E-state index < -0.39 is 9.84 Å². The topological polar surface area (TPSA) is 204 Å². The molecular weight excluding hydrogens is 655 g/mol. The molecule has 0 bridgehead atoms. The van der Waals surface area contributed by atoms with Crippen molar-refractivity contribution in [3.63, 3.8) is 0 Å². The van der Waals surface area contributed by atoms with E-state index in [1.54, 1.807) is 43.6 Å². The van der Waals surface area contributed by atoms with Crippen LogP contribution in [0.4, 0.5) is 11.4 Å². The number of carbonyl (C=O) groups is 2. The van der Waals surface area contributed by atoms with Crippen LogP contribution in [0.3, 0.4) is 0 Å². The SMILES string of the molecule is CNC(=O)CCCCCCCCCCC(=O)Nc1cc(NC(=N)N)cc(C)c1-c1cccc(S(=O)(=O)c2cc(C(=N)N)sc2SC)c1. The van der Waals surface area contributed by atoms with Crippen molar-refractivity contribution in [1.82, 2.24) is 5.32 Å².